The minimum absolute atomic E-state index is 0.103. The van der Waals surface area contributed by atoms with Crippen LogP contribution < -0.4 is 0 Å². The van der Waals surface area contributed by atoms with Crippen LogP contribution in [0.4, 0.5) is 4.39 Å². The van der Waals surface area contributed by atoms with Crippen LogP contribution in [0.15, 0.2) is 22.6 Å². The second-order valence-corrected chi connectivity index (χ2v) is 4.49. The van der Waals surface area contributed by atoms with Gasteiger partial charge >= 0.3 is 0 Å². The number of halogens is 2. The van der Waals surface area contributed by atoms with Crippen LogP contribution in [0.1, 0.15) is 37.1 Å². The van der Waals surface area contributed by atoms with Gasteiger partial charge in [0.15, 0.2) is 0 Å². The Bertz CT molecular complexity index is 525. The van der Waals surface area contributed by atoms with Crippen LogP contribution in [-0.2, 0) is 6.42 Å². The summed E-state index contributed by atoms with van der Waals surface area (Å²) in [5.41, 5.74) is 0.455. The van der Waals surface area contributed by atoms with E-state index in [-0.39, 0.29) is 17.4 Å². The first-order valence-corrected chi connectivity index (χ1v) is 5.71. The van der Waals surface area contributed by atoms with Crippen LogP contribution in [-0.4, -0.2) is 10.2 Å². The van der Waals surface area contributed by atoms with Gasteiger partial charge in [0.05, 0.1) is 11.4 Å². The maximum absolute atomic E-state index is 13.6. The summed E-state index contributed by atoms with van der Waals surface area (Å²) in [6.45, 7) is 3.91. The van der Waals surface area contributed by atoms with Crippen LogP contribution in [0.2, 0.25) is 5.02 Å². The summed E-state index contributed by atoms with van der Waals surface area (Å²) < 4.78 is 19.0. The number of hydrogen-bond acceptors (Lipinski definition) is 3. The molecule has 1 aromatic heterocycles. The van der Waals surface area contributed by atoms with Gasteiger partial charge in [0.2, 0.25) is 11.8 Å². The van der Waals surface area contributed by atoms with Crippen molar-refractivity contribution in [3.8, 4) is 0 Å². The first-order valence-electron chi connectivity index (χ1n) is 5.33. The van der Waals surface area contributed by atoms with Gasteiger partial charge in [-0.3, -0.25) is 0 Å². The molecule has 0 bridgehead atoms. The van der Waals surface area contributed by atoms with Gasteiger partial charge in [-0.25, -0.2) is 4.39 Å². The highest BCUT2D eigenvalue weighted by Crippen LogP contribution is 2.21. The fraction of sp³-hybridized carbons (Fsp3) is 0.333. The smallest absolute Gasteiger partial charge is 0.221 e. The molecule has 0 spiro atoms. The number of rotatable bonds is 3. The third-order valence-corrected chi connectivity index (χ3v) is 2.64. The van der Waals surface area contributed by atoms with Crippen molar-refractivity contribution in [3.63, 3.8) is 0 Å². The Morgan fingerprint density at radius 2 is 2.12 bits per heavy atom. The van der Waals surface area contributed by atoms with Crippen LogP contribution in [0.3, 0.4) is 0 Å². The second-order valence-electron chi connectivity index (χ2n) is 4.08. The van der Waals surface area contributed by atoms with Gasteiger partial charge in [0.1, 0.15) is 5.82 Å². The Morgan fingerprint density at radius 3 is 2.76 bits per heavy atom. The highest BCUT2D eigenvalue weighted by molar-refractivity contribution is 6.30. The molecular formula is C12H12ClFN2O. The molecule has 0 aliphatic heterocycles. The summed E-state index contributed by atoms with van der Waals surface area (Å²) in [6.07, 6.45) is 0.256. The Morgan fingerprint density at radius 1 is 1.35 bits per heavy atom. The fourth-order valence-corrected chi connectivity index (χ4v) is 1.61. The molecule has 0 aliphatic rings. The van der Waals surface area contributed by atoms with Crippen LogP contribution in [0.5, 0.6) is 0 Å². The van der Waals surface area contributed by atoms with E-state index in [1.54, 1.807) is 12.1 Å². The molecule has 0 N–H and O–H groups in total. The number of aromatic nitrogens is 2. The Kier molecular flexibility index (Phi) is 3.43. The first-order chi connectivity index (χ1) is 8.08. The predicted octanol–water partition coefficient (Wildman–Crippen LogP) is 3.58. The lowest BCUT2D eigenvalue weighted by Gasteiger charge is -2.01. The third kappa shape index (κ3) is 2.64. The summed E-state index contributed by atoms with van der Waals surface area (Å²) in [4.78, 5) is 0. The fourth-order valence-electron chi connectivity index (χ4n) is 1.42. The SMILES string of the molecule is CC(C)c1nnc(Cc2cccc(Cl)c2F)o1. The standard InChI is InChI=1S/C12H12ClFN2O/c1-7(2)12-16-15-10(17-12)6-8-4-3-5-9(13)11(8)14/h3-5,7H,6H2,1-2H3. The lowest BCUT2D eigenvalue weighted by atomic mass is 10.1. The largest absolute Gasteiger partial charge is 0.425 e. The van der Waals surface area contributed by atoms with Gasteiger partial charge in [0.25, 0.3) is 0 Å². The molecule has 0 radical (unpaired) electrons. The van der Waals surface area contributed by atoms with Crippen molar-refractivity contribution in [1.82, 2.24) is 10.2 Å². The van der Waals surface area contributed by atoms with Crippen molar-refractivity contribution >= 4 is 11.6 Å². The Labute approximate surface area is 104 Å². The molecule has 2 aromatic rings. The quantitative estimate of drug-likeness (QED) is 0.840. The lowest BCUT2D eigenvalue weighted by Crippen LogP contribution is -1.93. The molecule has 17 heavy (non-hydrogen) atoms. The van der Waals surface area contributed by atoms with Crippen molar-refractivity contribution in [1.29, 1.82) is 0 Å². The van der Waals surface area contributed by atoms with Crippen molar-refractivity contribution < 1.29 is 8.81 Å². The molecule has 0 aliphatic carbocycles. The molecule has 0 fully saturated rings. The highest BCUT2D eigenvalue weighted by atomic mass is 35.5. The second kappa shape index (κ2) is 4.84. The Hall–Kier alpha value is -1.42. The van der Waals surface area contributed by atoms with Crippen LogP contribution >= 0.6 is 11.6 Å². The summed E-state index contributed by atoms with van der Waals surface area (Å²) >= 11 is 5.69. The van der Waals surface area contributed by atoms with E-state index in [9.17, 15) is 4.39 Å². The average molecular weight is 255 g/mol. The molecule has 0 amide bonds. The maximum Gasteiger partial charge on any atom is 0.221 e. The van der Waals surface area contributed by atoms with E-state index in [0.29, 0.717) is 17.3 Å². The van der Waals surface area contributed by atoms with E-state index < -0.39 is 5.82 Å². The lowest BCUT2D eigenvalue weighted by molar-refractivity contribution is 0.437. The zero-order chi connectivity index (χ0) is 12.4. The van der Waals surface area contributed by atoms with E-state index in [1.165, 1.54) is 6.07 Å². The zero-order valence-corrected chi connectivity index (χ0v) is 10.3. The summed E-state index contributed by atoms with van der Waals surface area (Å²) in [6, 6.07) is 4.86. The summed E-state index contributed by atoms with van der Waals surface area (Å²) in [5, 5.41) is 7.87. The van der Waals surface area contributed by atoms with E-state index in [4.69, 9.17) is 16.0 Å². The molecular weight excluding hydrogens is 243 g/mol. The molecule has 5 heteroatoms. The number of hydrogen-bond donors (Lipinski definition) is 0. The van der Waals surface area contributed by atoms with Gasteiger partial charge in [-0.05, 0) is 11.6 Å². The van der Waals surface area contributed by atoms with Crippen molar-refractivity contribution in [2.75, 3.05) is 0 Å². The van der Waals surface area contributed by atoms with Gasteiger partial charge in [-0.15, -0.1) is 10.2 Å². The summed E-state index contributed by atoms with van der Waals surface area (Å²) in [5.74, 6) is 0.691. The molecule has 2 rings (SSSR count). The normalized spacial score (nSPS) is 11.1. The van der Waals surface area contributed by atoms with Crippen LogP contribution in [0, 0.1) is 5.82 Å². The maximum atomic E-state index is 13.6. The van der Waals surface area contributed by atoms with E-state index >= 15 is 0 Å². The average Bonchev–Trinajstić information content (AvgIpc) is 2.73. The molecule has 1 heterocycles. The zero-order valence-electron chi connectivity index (χ0n) is 9.58. The molecule has 1 aromatic carbocycles. The molecule has 3 nitrogen and oxygen atoms in total. The van der Waals surface area contributed by atoms with Crippen molar-refractivity contribution in [2.24, 2.45) is 0 Å². The van der Waals surface area contributed by atoms with Crippen molar-refractivity contribution in [3.05, 3.63) is 46.4 Å². The minimum atomic E-state index is -0.432. The topological polar surface area (TPSA) is 38.9 Å². The molecule has 90 valence electrons. The molecule has 0 saturated heterocycles. The third-order valence-electron chi connectivity index (χ3n) is 2.35. The van der Waals surface area contributed by atoms with E-state index in [0.717, 1.165) is 0 Å². The minimum Gasteiger partial charge on any atom is -0.425 e. The van der Waals surface area contributed by atoms with E-state index in [1.807, 2.05) is 13.8 Å². The van der Waals surface area contributed by atoms with E-state index in [2.05, 4.69) is 10.2 Å². The van der Waals surface area contributed by atoms with Gasteiger partial charge in [-0.2, -0.15) is 0 Å². The first kappa shape index (κ1) is 12.0. The van der Waals surface area contributed by atoms with Gasteiger partial charge < -0.3 is 4.42 Å². The monoisotopic (exact) mass is 254 g/mol. The molecule has 0 atom stereocenters. The van der Waals surface area contributed by atoms with Crippen molar-refractivity contribution in [2.45, 2.75) is 26.2 Å². The number of nitrogens with zero attached hydrogens (tertiary/aromatic N) is 2. The molecule has 0 saturated carbocycles. The van der Waals surface area contributed by atoms with Crippen LogP contribution in [0.25, 0.3) is 0 Å². The molecule has 0 unspecified atom stereocenters. The summed E-state index contributed by atoms with van der Waals surface area (Å²) in [7, 11) is 0. The predicted molar refractivity (Wildman–Crippen MR) is 62.6 cm³/mol. The van der Waals surface area contributed by atoms with Gasteiger partial charge in [-0.1, -0.05) is 37.6 Å². The number of benzene rings is 1. The Balaban J connectivity index is 2.22. The highest BCUT2D eigenvalue weighted by Gasteiger charge is 2.13. The van der Waals surface area contributed by atoms with Gasteiger partial charge in [0, 0.05) is 5.92 Å².